The van der Waals surface area contributed by atoms with Crippen LogP contribution in [0.4, 0.5) is 0 Å². The maximum Gasteiger partial charge on any atom is 0.0960 e. The summed E-state index contributed by atoms with van der Waals surface area (Å²) in [5.74, 6) is 0. The van der Waals surface area contributed by atoms with Gasteiger partial charge in [0.15, 0.2) is 0 Å². The van der Waals surface area contributed by atoms with E-state index in [1.807, 2.05) is 0 Å². The van der Waals surface area contributed by atoms with Gasteiger partial charge in [-0.15, -0.1) is 12.4 Å². The molecule has 0 atom stereocenters. The lowest BCUT2D eigenvalue weighted by molar-refractivity contribution is 0.898. The van der Waals surface area contributed by atoms with Crippen LogP contribution < -0.4 is 5.73 Å². The molecule has 0 unspecified atom stereocenters. The molecule has 0 radical (unpaired) electrons. The van der Waals surface area contributed by atoms with Crippen molar-refractivity contribution in [1.82, 2.24) is 15.4 Å². The highest BCUT2D eigenvalue weighted by Gasteiger charge is 1.85. The molecule has 0 aliphatic carbocycles. The lowest BCUT2D eigenvalue weighted by Crippen LogP contribution is -1.95. The molecule has 0 amide bonds. The monoisotopic (exact) mass is 134 g/mol. The number of nitrogens with two attached hydrogens (primary N) is 1. The molecular formula is C3H7ClN4. The van der Waals surface area contributed by atoms with Crippen LogP contribution in [0.15, 0.2) is 6.20 Å². The Bertz CT molecular complexity index is 126. The van der Waals surface area contributed by atoms with E-state index < -0.39 is 0 Å². The van der Waals surface area contributed by atoms with Crippen molar-refractivity contribution in [3.63, 3.8) is 0 Å². The van der Waals surface area contributed by atoms with Crippen LogP contribution in [0.25, 0.3) is 0 Å². The maximum absolute atomic E-state index is 5.17. The molecule has 0 fully saturated rings. The van der Waals surface area contributed by atoms with Gasteiger partial charge in [-0.05, 0) is 0 Å². The van der Waals surface area contributed by atoms with E-state index >= 15 is 0 Å². The zero-order chi connectivity index (χ0) is 5.11. The van der Waals surface area contributed by atoms with Crippen molar-refractivity contribution in [3.8, 4) is 0 Å². The van der Waals surface area contributed by atoms with Crippen molar-refractivity contribution >= 4 is 12.4 Å². The number of halogens is 1. The molecule has 8 heavy (non-hydrogen) atoms. The minimum absolute atomic E-state index is 0. The third-order valence-corrected chi connectivity index (χ3v) is 0.674. The number of H-pyrrole nitrogens is 1. The van der Waals surface area contributed by atoms with E-state index in [9.17, 15) is 0 Å². The Labute approximate surface area is 52.9 Å². The van der Waals surface area contributed by atoms with Crippen molar-refractivity contribution in [2.75, 3.05) is 0 Å². The quantitative estimate of drug-likeness (QED) is 0.554. The number of nitrogens with zero attached hydrogens (tertiary/aromatic N) is 2. The average Bonchev–Trinajstić information content (AvgIpc) is 2.14. The van der Waals surface area contributed by atoms with E-state index in [0.29, 0.717) is 6.54 Å². The van der Waals surface area contributed by atoms with Gasteiger partial charge in [0.05, 0.1) is 11.9 Å². The van der Waals surface area contributed by atoms with Gasteiger partial charge < -0.3 is 5.73 Å². The number of hydrogen-bond donors (Lipinski definition) is 2. The summed E-state index contributed by atoms with van der Waals surface area (Å²) in [6.07, 6.45) is 1.60. The topological polar surface area (TPSA) is 67.6 Å². The predicted octanol–water partition coefficient (Wildman–Crippen LogP) is -0.315. The molecule has 4 nitrogen and oxygen atoms in total. The zero-order valence-corrected chi connectivity index (χ0v) is 4.98. The summed E-state index contributed by atoms with van der Waals surface area (Å²) in [6, 6.07) is 0. The van der Waals surface area contributed by atoms with E-state index in [1.54, 1.807) is 6.20 Å². The van der Waals surface area contributed by atoms with Crippen molar-refractivity contribution in [1.29, 1.82) is 0 Å². The third kappa shape index (κ3) is 1.48. The summed E-state index contributed by atoms with van der Waals surface area (Å²) in [6.45, 7) is 0.455. The molecule has 1 aromatic heterocycles. The SMILES string of the molecule is Cl.NCc1cn[nH]n1. The fraction of sp³-hybridized carbons (Fsp3) is 0.333. The fourth-order valence-electron chi connectivity index (χ4n) is 0.324. The van der Waals surface area contributed by atoms with E-state index in [4.69, 9.17) is 5.73 Å². The van der Waals surface area contributed by atoms with Gasteiger partial charge in [-0.3, -0.25) is 0 Å². The van der Waals surface area contributed by atoms with Gasteiger partial charge in [0, 0.05) is 6.54 Å². The molecule has 0 saturated carbocycles. The predicted molar refractivity (Wildman–Crippen MR) is 31.5 cm³/mol. The Balaban J connectivity index is 0.000000490. The van der Waals surface area contributed by atoms with Crippen molar-refractivity contribution in [3.05, 3.63) is 11.9 Å². The summed E-state index contributed by atoms with van der Waals surface area (Å²) >= 11 is 0. The second-order valence-electron chi connectivity index (χ2n) is 1.17. The van der Waals surface area contributed by atoms with Crippen molar-refractivity contribution in [2.24, 2.45) is 5.73 Å². The Kier molecular flexibility index (Phi) is 3.14. The highest BCUT2D eigenvalue weighted by molar-refractivity contribution is 5.85. The van der Waals surface area contributed by atoms with E-state index in [0.717, 1.165) is 5.69 Å². The summed E-state index contributed by atoms with van der Waals surface area (Å²) in [5, 5.41) is 9.65. The summed E-state index contributed by atoms with van der Waals surface area (Å²) < 4.78 is 0. The third-order valence-electron chi connectivity index (χ3n) is 0.674. The first-order valence-corrected chi connectivity index (χ1v) is 1.98. The Hall–Kier alpha value is -0.610. The highest BCUT2D eigenvalue weighted by atomic mass is 35.5. The normalized spacial score (nSPS) is 8.12. The first kappa shape index (κ1) is 7.39. The average molecular weight is 135 g/mol. The van der Waals surface area contributed by atoms with Crippen LogP contribution >= 0.6 is 12.4 Å². The van der Waals surface area contributed by atoms with Crippen LogP contribution in [0.5, 0.6) is 0 Å². The Morgan fingerprint density at radius 1 is 1.75 bits per heavy atom. The minimum Gasteiger partial charge on any atom is -0.325 e. The molecule has 1 heterocycles. The number of nitrogens with one attached hydrogen (secondary N) is 1. The van der Waals surface area contributed by atoms with E-state index in [-0.39, 0.29) is 12.4 Å². The molecule has 0 aliphatic rings. The summed E-state index contributed by atoms with van der Waals surface area (Å²) in [7, 11) is 0. The first-order chi connectivity index (χ1) is 3.43. The molecule has 5 heteroatoms. The van der Waals surface area contributed by atoms with Gasteiger partial charge in [0.2, 0.25) is 0 Å². The van der Waals surface area contributed by atoms with Crippen LogP contribution in [-0.2, 0) is 6.54 Å². The van der Waals surface area contributed by atoms with E-state index in [1.165, 1.54) is 0 Å². The van der Waals surface area contributed by atoms with Crippen LogP contribution in [0.1, 0.15) is 5.69 Å². The summed E-state index contributed by atoms with van der Waals surface area (Å²) in [5.41, 5.74) is 5.96. The number of hydrogen-bond acceptors (Lipinski definition) is 3. The molecule has 1 aromatic rings. The molecule has 1 rings (SSSR count). The van der Waals surface area contributed by atoms with Crippen molar-refractivity contribution < 1.29 is 0 Å². The standard InChI is InChI=1S/C3H6N4.ClH/c4-1-3-2-5-7-6-3;/h2H,1,4H2,(H,5,6,7);1H. The second-order valence-corrected chi connectivity index (χ2v) is 1.17. The first-order valence-electron chi connectivity index (χ1n) is 1.98. The van der Waals surface area contributed by atoms with Gasteiger partial charge in [-0.25, -0.2) is 0 Å². The number of rotatable bonds is 1. The molecule has 0 aromatic carbocycles. The Morgan fingerprint density at radius 2 is 2.50 bits per heavy atom. The molecule has 3 N–H and O–H groups in total. The molecule has 46 valence electrons. The zero-order valence-electron chi connectivity index (χ0n) is 4.16. The van der Waals surface area contributed by atoms with E-state index in [2.05, 4.69) is 15.4 Å². The highest BCUT2D eigenvalue weighted by Crippen LogP contribution is 1.80. The van der Waals surface area contributed by atoms with Gasteiger partial charge in [-0.1, -0.05) is 0 Å². The molecule has 0 spiro atoms. The molecule has 0 aliphatic heterocycles. The largest absolute Gasteiger partial charge is 0.325 e. The lowest BCUT2D eigenvalue weighted by Gasteiger charge is -1.76. The summed E-state index contributed by atoms with van der Waals surface area (Å²) in [4.78, 5) is 0. The molecule has 0 bridgehead atoms. The number of aromatic nitrogens is 3. The molecule has 0 saturated heterocycles. The second kappa shape index (κ2) is 3.40. The lowest BCUT2D eigenvalue weighted by atomic mass is 10.5. The molecular weight excluding hydrogens is 128 g/mol. The fourth-order valence-corrected chi connectivity index (χ4v) is 0.324. The van der Waals surface area contributed by atoms with Crippen LogP contribution in [0.3, 0.4) is 0 Å². The van der Waals surface area contributed by atoms with Gasteiger partial charge >= 0.3 is 0 Å². The van der Waals surface area contributed by atoms with Gasteiger partial charge in [-0.2, -0.15) is 15.4 Å². The smallest absolute Gasteiger partial charge is 0.0960 e. The Morgan fingerprint density at radius 3 is 2.75 bits per heavy atom. The van der Waals surface area contributed by atoms with Crippen LogP contribution in [-0.4, -0.2) is 15.4 Å². The minimum atomic E-state index is 0. The maximum atomic E-state index is 5.17. The van der Waals surface area contributed by atoms with Crippen molar-refractivity contribution in [2.45, 2.75) is 6.54 Å². The van der Waals surface area contributed by atoms with Gasteiger partial charge in [0.25, 0.3) is 0 Å². The van der Waals surface area contributed by atoms with Crippen LogP contribution in [0.2, 0.25) is 0 Å². The van der Waals surface area contributed by atoms with Gasteiger partial charge in [0.1, 0.15) is 0 Å². The number of aromatic amines is 1. The van der Waals surface area contributed by atoms with Crippen LogP contribution in [0, 0.1) is 0 Å².